The third kappa shape index (κ3) is 8.93. The molecule has 15 heteroatoms. The normalized spacial score (nSPS) is 28.5. The van der Waals surface area contributed by atoms with E-state index in [2.05, 4.69) is 10.0 Å². The maximum absolute atomic E-state index is 14.2. The van der Waals surface area contributed by atoms with Crippen molar-refractivity contribution < 1.29 is 53.0 Å². The fourth-order valence-electron chi connectivity index (χ4n) is 7.43. The van der Waals surface area contributed by atoms with Crippen molar-refractivity contribution in [3.05, 3.63) is 154 Å². The number of fused-ring (bicyclic) bond motifs is 1. The van der Waals surface area contributed by atoms with Gasteiger partial charge in [0, 0.05) is 12.0 Å². The van der Waals surface area contributed by atoms with E-state index in [1.54, 1.807) is 24.3 Å². The highest BCUT2D eigenvalue weighted by Crippen LogP contribution is 2.37. The largest absolute Gasteiger partial charge is 0.394 e. The van der Waals surface area contributed by atoms with Gasteiger partial charge >= 0.3 is 0 Å². The highest BCUT2D eigenvalue weighted by molar-refractivity contribution is 6.21. The summed E-state index contributed by atoms with van der Waals surface area (Å²) < 4.78 is 44.0. The minimum atomic E-state index is -1.41. The molecule has 2 fully saturated rings. The standard InChI is InChI=1S/C42H44N4O11/c1-51-41-33(44-45-43)35(48)36(52-22-26-13-5-2-6-14-26)32(57-41)25-55-42-34(46-39(49)29-19-11-12-20-30(29)40(46)50)38(54-24-28-17-9-4-10-18-28)37(31(21-47)56-42)53-23-27-15-7-3-8-16-27/h2-20,31-38,41-42,47-48H,21-25H2,1H3/t31-,32-,33-,34-,35-,36+,37-,38-,41-,42-/m1/s1. The molecular weight excluding hydrogens is 736 g/mol. The molecule has 3 aliphatic rings. The van der Waals surface area contributed by atoms with Gasteiger partial charge in [-0.05, 0) is 34.4 Å². The summed E-state index contributed by atoms with van der Waals surface area (Å²) >= 11 is 0. The molecule has 4 aromatic rings. The van der Waals surface area contributed by atoms with Crippen LogP contribution in [0, 0.1) is 0 Å². The molecule has 7 rings (SSSR count). The van der Waals surface area contributed by atoms with Crippen LogP contribution in [0.15, 0.2) is 120 Å². The Morgan fingerprint density at radius 1 is 0.667 bits per heavy atom. The van der Waals surface area contributed by atoms with Crippen molar-refractivity contribution in [3.63, 3.8) is 0 Å². The Labute approximate surface area is 329 Å². The van der Waals surface area contributed by atoms with Crippen LogP contribution in [0.25, 0.3) is 10.4 Å². The highest BCUT2D eigenvalue weighted by Gasteiger charge is 2.56. The monoisotopic (exact) mass is 780 g/mol. The quantitative estimate of drug-likeness (QED) is 0.0702. The molecule has 0 spiro atoms. The zero-order valence-electron chi connectivity index (χ0n) is 31.1. The number of methoxy groups -OCH3 is 1. The van der Waals surface area contributed by atoms with E-state index >= 15 is 0 Å². The van der Waals surface area contributed by atoms with Crippen molar-refractivity contribution in [2.24, 2.45) is 5.11 Å². The smallest absolute Gasteiger partial charge is 0.262 e. The Hall–Kier alpha value is -5.03. The molecular formula is C42H44N4O11. The fraction of sp³-hybridized carbons (Fsp3) is 0.381. The zero-order chi connectivity index (χ0) is 39.7. The lowest BCUT2D eigenvalue weighted by Gasteiger charge is -2.48. The average molecular weight is 781 g/mol. The molecule has 0 bridgehead atoms. The highest BCUT2D eigenvalue weighted by atomic mass is 16.7. The molecule has 2 N–H and O–H groups in total. The number of hydrogen-bond donors (Lipinski definition) is 2. The molecule has 57 heavy (non-hydrogen) atoms. The van der Waals surface area contributed by atoms with E-state index in [4.69, 9.17) is 33.2 Å². The second-order valence-corrected chi connectivity index (χ2v) is 13.8. The minimum absolute atomic E-state index is 0.0604. The number of hydrogen-bond acceptors (Lipinski definition) is 12. The first-order valence-electron chi connectivity index (χ1n) is 18.6. The van der Waals surface area contributed by atoms with Gasteiger partial charge < -0.3 is 43.4 Å². The molecule has 3 aliphatic heterocycles. The third-order valence-electron chi connectivity index (χ3n) is 10.3. The van der Waals surface area contributed by atoms with Crippen LogP contribution in [0.2, 0.25) is 0 Å². The van der Waals surface area contributed by atoms with Crippen LogP contribution in [-0.2, 0) is 53.0 Å². The van der Waals surface area contributed by atoms with Gasteiger partial charge in [0.1, 0.15) is 42.6 Å². The van der Waals surface area contributed by atoms with Crippen LogP contribution in [0.3, 0.4) is 0 Å². The summed E-state index contributed by atoms with van der Waals surface area (Å²) in [4.78, 5) is 32.4. The Morgan fingerprint density at radius 3 is 1.63 bits per heavy atom. The lowest BCUT2D eigenvalue weighted by atomic mass is 9.94. The first-order chi connectivity index (χ1) is 27.9. The number of amides is 2. The van der Waals surface area contributed by atoms with Crippen molar-refractivity contribution >= 4 is 11.8 Å². The topological polar surface area (TPSA) is 191 Å². The van der Waals surface area contributed by atoms with Crippen LogP contribution >= 0.6 is 0 Å². The number of ether oxygens (including phenoxy) is 7. The first-order valence-corrected chi connectivity index (χ1v) is 18.6. The van der Waals surface area contributed by atoms with Crippen LogP contribution < -0.4 is 0 Å². The van der Waals surface area contributed by atoms with Gasteiger partial charge in [-0.2, -0.15) is 0 Å². The molecule has 0 saturated carbocycles. The number of imide groups is 1. The number of benzene rings is 4. The number of carbonyl (C=O) groups excluding carboxylic acids is 2. The number of azide groups is 1. The van der Waals surface area contributed by atoms with E-state index in [1.807, 2.05) is 91.0 Å². The predicted molar refractivity (Wildman–Crippen MR) is 202 cm³/mol. The molecule has 0 radical (unpaired) electrons. The Bertz CT molecular complexity index is 1950. The average Bonchev–Trinajstić information content (AvgIpc) is 3.50. The van der Waals surface area contributed by atoms with Gasteiger partial charge in [0.2, 0.25) is 0 Å². The molecule has 2 amide bonds. The van der Waals surface area contributed by atoms with E-state index in [1.165, 1.54) is 7.11 Å². The van der Waals surface area contributed by atoms with Crippen molar-refractivity contribution in [1.82, 2.24) is 4.90 Å². The van der Waals surface area contributed by atoms with Gasteiger partial charge in [0.25, 0.3) is 11.8 Å². The van der Waals surface area contributed by atoms with Gasteiger partial charge in [0.05, 0.1) is 50.3 Å². The molecule has 0 unspecified atom stereocenters. The molecule has 0 aromatic heterocycles. The third-order valence-corrected chi connectivity index (χ3v) is 10.3. The number of carbonyl (C=O) groups is 2. The molecule has 15 nitrogen and oxygen atoms in total. The van der Waals surface area contributed by atoms with Crippen molar-refractivity contribution in [2.75, 3.05) is 20.3 Å². The number of aliphatic hydroxyl groups excluding tert-OH is 2. The summed E-state index contributed by atoms with van der Waals surface area (Å²) in [5.74, 6) is -1.17. The van der Waals surface area contributed by atoms with E-state index in [9.17, 15) is 25.3 Å². The molecule has 10 atom stereocenters. The van der Waals surface area contributed by atoms with Crippen molar-refractivity contribution in [3.8, 4) is 0 Å². The molecule has 298 valence electrons. The number of nitrogens with zero attached hydrogens (tertiary/aromatic N) is 4. The number of aliphatic hydroxyl groups is 2. The van der Waals surface area contributed by atoms with Gasteiger partial charge in [0.15, 0.2) is 12.6 Å². The maximum Gasteiger partial charge on any atom is 0.262 e. The summed E-state index contributed by atoms with van der Waals surface area (Å²) in [6.45, 7) is -0.618. The van der Waals surface area contributed by atoms with Crippen LogP contribution in [0.4, 0.5) is 0 Å². The summed E-state index contributed by atoms with van der Waals surface area (Å²) in [5.41, 5.74) is 12.2. The lowest BCUT2D eigenvalue weighted by molar-refractivity contribution is -0.317. The Balaban J connectivity index is 1.23. The maximum atomic E-state index is 14.2. The molecule has 0 aliphatic carbocycles. The Morgan fingerprint density at radius 2 is 1.14 bits per heavy atom. The Kier molecular flexibility index (Phi) is 13.4. The molecule has 4 aromatic carbocycles. The number of rotatable bonds is 16. The van der Waals surface area contributed by atoms with Gasteiger partial charge in [-0.15, -0.1) is 0 Å². The second kappa shape index (κ2) is 18.9. The zero-order valence-corrected chi connectivity index (χ0v) is 31.1. The van der Waals surface area contributed by atoms with Crippen LogP contribution in [0.5, 0.6) is 0 Å². The van der Waals surface area contributed by atoms with E-state index < -0.39 is 79.7 Å². The van der Waals surface area contributed by atoms with Crippen LogP contribution in [0.1, 0.15) is 37.4 Å². The van der Waals surface area contributed by atoms with Gasteiger partial charge in [-0.25, -0.2) is 0 Å². The fourth-order valence-corrected chi connectivity index (χ4v) is 7.43. The molecule has 2 saturated heterocycles. The summed E-state index contributed by atoms with van der Waals surface area (Å²) in [5, 5.41) is 26.0. The SMILES string of the molecule is CO[C@@H]1O[C@H](CO[C@@H]2O[C@H](CO)[C@@H](OCc3ccccc3)[C@H](OCc3ccccc3)[C@H]2N2C(=O)c3ccccc3C2=O)[C@H](OCc2ccccc2)[C@H](O)[C@H]1N=[N+]=[N-]. The predicted octanol–water partition coefficient (Wildman–Crippen LogP) is 4.55. The van der Waals surface area contributed by atoms with Crippen molar-refractivity contribution in [2.45, 2.75) is 81.1 Å². The van der Waals surface area contributed by atoms with Gasteiger partial charge in [-0.3, -0.25) is 14.5 Å². The van der Waals surface area contributed by atoms with E-state index in [0.717, 1.165) is 21.6 Å². The van der Waals surface area contributed by atoms with E-state index in [-0.39, 0.29) is 37.6 Å². The van der Waals surface area contributed by atoms with E-state index in [0.29, 0.717) is 0 Å². The first kappa shape index (κ1) is 40.2. The summed E-state index contributed by atoms with van der Waals surface area (Å²) in [6.07, 6.45) is -9.26. The summed E-state index contributed by atoms with van der Waals surface area (Å²) in [7, 11) is 1.35. The second-order valence-electron chi connectivity index (χ2n) is 13.8. The minimum Gasteiger partial charge on any atom is -0.394 e. The lowest BCUT2D eigenvalue weighted by Crippen LogP contribution is -2.67. The van der Waals surface area contributed by atoms with Gasteiger partial charge in [-0.1, -0.05) is 108 Å². The van der Waals surface area contributed by atoms with Crippen molar-refractivity contribution in [1.29, 1.82) is 0 Å². The molecule has 3 heterocycles. The summed E-state index contributed by atoms with van der Waals surface area (Å²) in [6, 6.07) is 32.1. The van der Waals surface area contributed by atoms with Crippen LogP contribution in [-0.4, -0.2) is 109 Å².